The van der Waals surface area contributed by atoms with E-state index in [0.29, 0.717) is 10.6 Å². The van der Waals surface area contributed by atoms with Crippen LogP contribution in [0.25, 0.3) is 0 Å². The zero-order valence-electron chi connectivity index (χ0n) is 9.60. The van der Waals surface area contributed by atoms with Crippen LogP contribution in [0.4, 0.5) is 5.00 Å². The number of thiophene rings is 1. The predicted octanol–water partition coefficient (Wildman–Crippen LogP) is 2.64. The molecular formula is C13H10N2O2S. The largest absolute Gasteiger partial charge is 0.430 e. The Bertz CT molecular complexity index is 620. The Balaban J connectivity index is 2.08. The molecule has 0 atom stereocenters. The molecule has 0 amide bonds. The van der Waals surface area contributed by atoms with Crippen LogP contribution in [-0.4, -0.2) is 11.7 Å². The van der Waals surface area contributed by atoms with Crippen molar-refractivity contribution in [3.8, 4) is 6.07 Å². The highest BCUT2D eigenvalue weighted by atomic mass is 32.1. The quantitative estimate of drug-likeness (QED) is 0.727. The van der Waals surface area contributed by atoms with E-state index >= 15 is 0 Å². The van der Waals surface area contributed by atoms with Crippen LogP contribution < -0.4 is 0 Å². The summed E-state index contributed by atoms with van der Waals surface area (Å²) in [5.74, 6) is -0.453. The fourth-order valence-corrected chi connectivity index (χ4v) is 3.45. The molecule has 1 aliphatic heterocycles. The minimum Gasteiger partial charge on any atom is -0.430 e. The molecule has 5 heteroatoms. The Morgan fingerprint density at radius 3 is 2.94 bits per heavy atom. The molecule has 0 spiro atoms. The lowest BCUT2D eigenvalue weighted by Gasteiger charge is -2.09. The monoisotopic (exact) mass is 258 g/mol. The summed E-state index contributed by atoms with van der Waals surface area (Å²) in [5.41, 5.74) is 2.03. The Labute approximate surface area is 108 Å². The zero-order chi connectivity index (χ0) is 12.5. The molecule has 4 nitrogen and oxygen atoms in total. The minimum absolute atomic E-state index is 0.269. The van der Waals surface area contributed by atoms with Gasteiger partial charge in [0.25, 0.3) is 0 Å². The normalized spacial score (nSPS) is 19.7. The van der Waals surface area contributed by atoms with E-state index in [-0.39, 0.29) is 5.71 Å². The van der Waals surface area contributed by atoms with E-state index in [1.807, 2.05) is 0 Å². The molecule has 1 aromatic rings. The number of rotatable bonds is 1. The van der Waals surface area contributed by atoms with Crippen molar-refractivity contribution in [1.29, 1.82) is 5.26 Å². The third-order valence-corrected chi connectivity index (χ3v) is 4.28. The van der Waals surface area contributed by atoms with Crippen LogP contribution in [-0.2, 0) is 22.4 Å². The van der Waals surface area contributed by atoms with Gasteiger partial charge in [-0.05, 0) is 31.2 Å². The summed E-state index contributed by atoms with van der Waals surface area (Å²) in [4.78, 5) is 16.8. The number of ether oxygens (including phenoxy) is 1. The Hall–Kier alpha value is -1.93. The Morgan fingerprint density at radius 2 is 2.22 bits per heavy atom. The maximum atomic E-state index is 11.3. The maximum Gasteiger partial charge on any atom is 0.361 e. The number of nitrogens with zero attached hydrogens (tertiary/aromatic N) is 2. The van der Waals surface area contributed by atoms with Crippen molar-refractivity contribution >= 4 is 28.0 Å². The average molecular weight is 258 g/mol. The van der Waals surface area contributed by atoms with Crippen LogP contribution in [0.1, 0.15) is 28.8 Å². The molecule has 2 heterocycles. The Kier molecular flexibility index (Phi) is 2.73. The van der Waals surface area contributed by atoms with E-state index in [9.17, 15) is 10.1 Å². The molecule has 0 radical (unpaired) electrons. The van der Waals surface area contributed by atoms with Crippen molar-refractivity contribution in [2.24, 2.45) is 4.99 Å². The molecule has 90 valence electrons. The van der Waals surface area contributed by atoms with Crippen LogP contribution in [0, 0.1) is 11.3 Å². The summed E-state index contributed by atoms with van der Waals surface area (Å²) in [6.45, 7) is 0. The van der Waals surface area contributed by atoms with Gasteiger partial charge < -0.3 is 4.74 Å². The fourth-order valence-electron chi connectivity index (χ4n) is 2.23. The molecule has 0 N–H and O–H groups in total. The molecule has 0 unspecified atom stereocenters. The van der Waals surface area contributed by atoms with Gasteiger partial charge in [-0.25, -0.2) is 9.79 Å². The first-order valence-electron chi connectivity index (χ1n) is 5.80. The Morgan fingerprint density at radius 1 is 1.39 bits per heavy atom. The molecule has 0 saturated carbocycles. The maximum absolute atomic E-state index is 11.3. The highest BCUT2D eigenvalue weighted by Crippen LogP contribution is 2.39. The number of carbonyl (C=O) groups excluding carboxylic acids is 1. The van der Waals surface area contributed by atoms with E-state index in [2.05, 4.69) is 15.8 Å². The van der Waals surface area contributed by atoms with Gasteiger partial charge in [0.1, 0.15) is 11.1 Å². The number of hydrogen-bond acceptors (Lipinski definition) is 5. The van der Waals surface area contributed by atoms with E-state index in [1.165, 1.54) is 28.6 Å². The van der Waals surface area contributed by atoms with Crippen LogP contribution >= 0.6 is 11.3 Å². The SMILES string of the molecule is N#Cc1c(N=C2C=COC2=O)sc2c1CCCC2. The lowest BCUT2D eigenvalue weighted by Crippen LogP contribution is -2.05. The standard InChI is InChI=1S/C13H10N2O2S/c14-7-9-8-3-1-2-4-11(8)18-12(9)15-10-5-6-17-13(10)16/h5-6H,1-4H2. The second-order valence-electron chi connectivity index (χ2n) is 4.21. The van der Waals surface area contributed by atoms with Gasteiger partial charge in [-0.3, -0.25) is 0 Å². The zero-order valence-corrected chi connectivity index (χ0v) is 10.4. The summed E-state index contributed by atoms with van der Waals surface area (Å²) in [6.07, 6.45) is 7.09. The molecular weight excluding hydrogens is 248 g/mol. The third kappa shape index (κ3) is 1.75. The molecule has 2 aliphatic rings. The number of hydrogen-bond donors (Lipinski definition) is 0. The average Bonchev–Trinajstić information content (AvgIpc) is 2.93. The number of cyclic esters (lactones) is 1. The second-order valence-corrected chi connectivity index (χ2v) is 5.29. The molecule has 1 aliphatic carbocycles. The van der Waals surface area contributed by atoms with E-state index in [0.717, 1.165) is 31.2 Å². The predicted molar refractivity (Wildman–Crippen MR) is 68.0 cm³/mol. The first-order valence-corrected chi connectivity index (χ1v) is 6.62. The first-order chi connectivity index (χ1) is 8.79. The van der Waals surface area contributed by atoms with Gasteiger partial charge in [0, 0.05) is 11.0 Å². The molecule has 0 fully saturated rings. The summed E-state index contributed by atoms with van der Waals surface area (Å²) < 4.78 is 4.68. The number of fused-ring (bicyclic) bond motifs is 1. The van der Waals surface area contributed by atoms with Crippen molar-refractivity contribution in [1.82, 2.24) is 0 Å². The summed E-state index contributed by atoms with van der Waals surface area (Å²) >= 11 is 1.52. The molecule has 18 heavy (non-hydrogen) atoms. The lowest BCUT2D eigenvalue weighted by molar-refractivity contribution is -0.129. The molecule has 0 saturated heterocycles. The van der Waals surface area contributed by atoms with Crippen LogP contribution in [0.3, 0.4) is 0 Å². The van der Waals surface area contributed by atoms with Gasteiger partial charge in [0.15, 0.2) is 5.71 Å². The number of aryl methyl sites for hydroxylation is 1. The van der Waals surface area contributed by atoms with Crippen molar-refractivity contribution in [3.05, 3.63) is 28.3 Å². The van der Waals surface area contributed by atoms with Crippen LogP contribution in [0.5, 0.6) is 0 Å². The topological polar surface area (TPSA) is 62.4 Å². The number of carbonyl (C=O) groups is 1. The third-order valence-electron chi connectivity index (χ3n) is 3.10. The van der Waals surface area contributed by atoms with Gasteiger partial charge in [0.05, 0.1) is 11.8 Å². The summed E-state index contributed by atoms with van der Waals surface area (Å²) in [7, 11) is 0. The summed E-state index contributed by atoms with van der Waals surface area (Å²) in [6, 6.07) is 2.22. The summed E-state index contributed by atoms with van der Waals surface area (Å²) in [5, 5.41) is 9.90. The van der Waals surface area contributed by atoms with E-state index in [4.69, 9.17) is 0 Å². The second kappa shape index (κ2) is 4.39. The van der Waals surface area contributed by atoms with Gasteiger partial charge in [0.2, 0.25) is 0 Å². The molecule has 3 rings (SSSR count). The van der Waals surface area contributed by atoms with Crippen molar-refractivity contribution in [2.75, 3.05) is 0 Å². The van der Waals surface area contributed by atoms with Gasteiger partial charge in [-0.15, -0.1) is 11.3 Å². The lowest BCUT2D eigenvalue weighted by atomic mass is 9.96. The molecule has 0 bridgehead atoms. The van der Waals surface area contributed by atoms with Crippen molar-refractivity contribution in [3.63, 3.8) is 0 Å². The van der Waals surface area contributed by atoms with E-state index in [1.54, 1.807) is 0 Å². The van der Waals surface area contributed by atoms with Gasteiger partial charge in [-0.1, -0.05) is 0 Å². The molecule has 0 aromatic carbocycles. The number of nitriles is 1. The minimum atomic E-state index is -0.453. The first kappa shape index (κ1) is 11.2. The van der Waals surface area contributed by atoms with E-state index < -0.39 is 5.97 Å². The van der Waals surface area contributed by atoms with Crippen LogP contribution in [0.2, 0.25) is 0 Å². The smallest absolute Gasteiger partial charge is 0.361 e. The highest BCUT2D eigenvalue weighted by molar-refractivity contribution is 7.16. The fraction of sp³-hybridized carbons (Fsp3) is 0.308. The number of aliphatic imine (C=N–C) groups is 1. The van der Waals surface area contributed by atoms with Crippen LogP contribution in [0.15, 0.2) is 17.3 Å². The van der Waals surface area contributed by atoms with Crippen molar-refractivity contribution < 1.29 is 9.53 Å². The van der Waals surface area contributed by atoms with Gasteiger partial charge >= 0.3 is 5.97 Å². The molecule has 1 aromatic heterocycles. The number of esters is 1. The van der Waals surface area contributed by atoms with Gasteiger partial charge in [-0.2, -0.15) is 5.26 Å². The highest BCUT2D eigenvalue weighted by Gasteiger charge is 2.22. The van der Waals surface area contributed by atoms with Crippen molar-refractivity contribution in [2.45, 2.75) is 25.7 Å².